The lowest BCUT2D eigenvalue weighted by molar-refractivity contribution is 0.781. The molecule has 0 amide bonds. The van der Waals surface area contributed by atoms with Gasteiger partial charge in [-0.2, -0.15) is 0 Å². The van der Waals surface area contributed by atoms with E-state index in [0.29, 0.717) is 0 Å². The molecule has 0 fully saturated rings. The molecule has 0 saturated carbocycles. The molecule has 3 nitrogen and oxygen atoms in total. The van der Waals surface area contributed by atoms with Gasteiger partial charge in [-0.3, -0.25) is 0 Å². The second-order valence-corrected chi connectivity index (χ2v) is 15.2. The van der Waals surface area contributed by atoms with E-state index >= 15 is 0 Å². The van der Waals surface area contributed by atoms with Crippen molar-refractivity contribution in [3.05, 3.63) is 281 Å². The van der Waals surface area contributed by atoms with Crippen molar-refractivity contribution in [3.63, 3.8) is 0 Å². The fourth-order valence-corrected chi connectivity index (χ4v) is 8.49. The lowest BCUT2D eigenvalue weighted by Crippen LogP contribution is -2.31. The van der Waals surface area contributed by atoms with E-state index in [1.165, 1.54) is 44.5 Å². The summed E-state index contributed by atoms with van der Waals surface area (Å²) in [5.41, 5.74) is 17.1. The van der Waals surface area contributed by atoms with E-state index < -0.39 is 0 Å². The summed E-state index contributed by atoms with van der Waals surface area (Å²) in [5.74, 6) is 0.852. The molecule has 0 aromatic heterocycles. The number of aliphatic imine (C=N–C) groups is 1. The zero-order chi connectivity index (χ0) is 40.1. The molecule has 0 aliphatic carbocycles. The topological polar surface area (TPSA) is 36.4 Å². The van der Waals surface area contributed by atoms with Crippen LogP contribution in [0.4, 0.5) is 0 Å². The average molecular weight is 770 g/mol. The lowest BCUT2D eigenvalue weighted by Gasteiger charge is -2.36. The van der Waals surface area contributed by atoms with Crippen molar-refractivity contribution in [1.29, 1.82) is 0 Å². The van der Waals surface area contributed by atoms with Crippen LogP contribution in [0.3, 0.4) is 0 Å². The first-order chi connectivity index (χ1) is 29.8. The zero-order valence-electron chi connectivity index (χ0n) is 33.1. The van der Waals surface area contributed by atoms with E-state index in [1.807, 2.05) is 0 Å². The largest absolute Gasteiger partial charge is 0.373 e. The van der Waals surface area contributed by atoms with Crippen LogP contribution in [-0.4, -0.2) is 5.84 Å². The third kappa shape index (κ3) is 7.41. The summed E-state index contributed by atoms with van der Waals surface area (Å²) in [6.45, 7) is 0. The van der Waals surface area contributed by atoms with Gasteiger partial charge in [0, 0.05) is 11.1 Å². The molecule has 2 unspecified atom stereocenters. The van der Waals surface area contributed by atoms with Gasteiger partial charge in [0.1, 0.15) is 5.84 Å². The Morgan fingerprint density at radius 1 is 0.317 bits per heavy atom. The van der Waals surface area contributed by atoms with Crippen molar-refractivity contribution in [2.24, 2.45) is 4.99 Å². The van der Waals surface area contributed by atoms with Crippen LogP contribution in [0, 0.1) is 0 Å². The smallest absolute Gasteiger partial charge is 0.134 e. The molecule has 0 bridgehead atoms. The highest BCUT2D eigenvalue weighted by Crippen LogP contribution is 2.50. The van der Waals surface area contributed by atoms with E-state index in [0.717, 1.165) is 45.0 Å². The van der Waals surface area contributed by atoms with Crippen LogP contribution in [0.1, 0.15) is 56.6 Å². The van der Waals surface area contributed by atoms with Gasteiger partial charge in [0.25, 0.3) is 0 Å². The van der Waals surface area contributed by atoms with E-state index in [1.54, 1.807) is 0 Å². The predicted octanol–water partition coefficient (Wildman–Crippen LogP) is 13.3. The van der Waals surface area contributed by atoms with Gasteiger partial charge in [-0.1, -0.05) is 231 Å². The Bertz CT molecular complexity index is 2840. The van der Waals surface area contributed by atoms with Crippen LogP contribution in [0.5, 0.6) is 0 Å². The first kappa shape index (κ1) is 36.6. The highest BCUT2D eigenvalue weighted by Gasteiger charge is 2.33. The first-order valence-corrected chi connectivity index (χ1v) is 20.6. The summed E-state index contributed by atoms with van der Waals surface area (Å²) >= 11 is 0. The standard InChI is InChI=1S/C57H43N3/c1-7-19-40(20-8-1)41-31-37-49(38-32-41)57-58-50(42-21-9-2-10-22-42)39-51(59-57)43-33-35-46(36-34-43)52-53(44-23-11-3-12-24-44)55(47-27-15-5-16-28-47)60-56(48-29-17-6-18-30-48)54(52)45-25-13-4-14-26-45/h1-39,50,55,60H,(H,58,59). The zero-order valence-corrected chi connectivity index (χ0v) is 33.1. The molecule has 286 valence electrons. The Balaban J connectivity index is 1.13. The Morgan fingerprint density at radius 2 is 0.733 bits per heavy atom. The molecule has 2 aliphatic heterocycles. The second-order valence-electron chi connectivity index (χ2n) is 15.2. The maximum atomic E-state index is 5.31. The number of rotatable bonds is 9. The van der Waals surface area contributed by atoms with Gasteiger partial charge in [-0.05, 0) is 67.3 Å². The number of allylic oxidation sites excluding steroid dienone is 2. The summed E-state index contributed by atoms with van der Waals surface area (Å²) in [6, 6.07) is 82.0. The van der Waals surface area contributed by atoms with Crippen LogP contribution in [0.25, 0.3) is 39.2 Å². The van der Waals surface area contributed by atoms with Crippen LogP contribution < -0.4 is 10.6 Å². The van der Waals surface area contributed by atoms with Crippen LogP contribution in [0.15, 0.2) is 242 Å². The third-order valence-corrected chi connectivity index (χ3v) is 11.4. The SMILES string of the molecule is C1=C(c2ccc(C3=C(c4ccccc4)C(c4ccccc4)NC(c4ccccc4)=C3c3ccccc3)cc2)N=C(c2ccc(-c3ccccc3)cc2)NC1c1ccccc1. The molecule has 60 heavy (non-hydrogen) atoms. The van der Waals surface area contributed by atoms with Crippen LogP contribution in [0.2, 0.25) is 0 Å². The van der Waals surface area contributed by atoms with Gasteiger partial charge >= 0.3 is 0 Å². The molecule has 2 N–H and O–H groups in total. The number of dihydropyridines is 1. The van der Waals surface area contributed by atoms with Gasteiger partial charge in [-0.15, -0.1) is 0 Å². The predicted molar refractivity (Wildman–Crippen MR) is 250 cm³/mol. The molecule has 10 rings (SSSR count). The van der Waals surface area contributed by atoms with Crippen molar-refractivity contribution in [3.8, 4) is 11.1 Å². The number of amidine groups is 1. The first-order valence-electron chi connectivity index (χ1n) is 20.6. The molecule has 2 aliphatic rings. The highest BCUT2D eigenvalue weighted by atomic mass is 15.0. The number of benzene rings is 8. The Hall–Kier alpha value is -7.75. The summed E-state index contributed by atoms with van der Waals surface area (Å²) in [5, 5.41) is 7.84. The molecular weight excluding hydrogens is 727 g/mol. The van der Waals surface area contributed by atoms with E-state index in [2.05, 4.69) is 247 Å². The fraction of sp³-hybridized carbons (Fsp3) is 0.0351. The van der Waals surface area contributed by atoms with E-state index in [9.17, 15) is 0 Å². The second kappa shape index (κ2) is 16.6. The van der Waals surface area contributed by atoms with Crippen molar-refractivity contribution >= 4 is 33.9 Å². The number of hydrogen-bond donors (Lipinski definition) is 2. The molecule has 0 saturated heterocycles. The van der Waals surface area contributed by atoms with Gasteiger partial charge in [0.2, 0.25) is 0 Å². The summed E-state index contributed by atoms with van der Waals surface area (Å²) < 4.78 is 0. The molecular formula is C57H43N3. The molecule has 0 radical (unpaired) electrons. The molecule has 3 heteroatoms. The maximum absolute atomic E-state index is 5.31. The minimum absolute atomic E-state index is 0.0494. The molecule has 8 aromatic rings. The normalized spacial score (nSPS) is 16.3. The maximum Gasteiger partial charge on any atom is 0.134 e. The van der Waals surface area contributed by atoms with Gasteiger partial charge in [0.05, 0.1) is 23.5 Å². The third-order valence-electron chi connectivity index (χ3n) is 11.4. The van der Waals surface area contributed by atoms with Crippen molar-refractivity contribution in [2.45, 2.75) is 12.1 Å². The number of nitrogens with zero attached hydrogens (tertiary/aromatic N) is 1. The average Bonchev–Trinajstić information content (AvgIpc) is 3.35. The molecule has 0 spiro atoms. The Morgan fingerprint density at radius 3 is 1.32 bits per heavy atom. The van der Waals surface area contributed by atoms with Gasteiger partial charge in [0.15, 0.2) is 0 Å². The fourth-order valence-electron chi connectivity index (χ4n) is 8.49. The summed E-state index contributed by atoms with van der Waals surface area (Å²) in [4.78, 5) is 5.31. The number of hydrogen-bond acceptors (Lipinski definition) is 3. The van der Waals surface area contributed by atoms with Crippen LogP contribution >= 0.6 is 0 Å². The lowest BCUT2D eigenvalue weighted by atomic mass is 9.77. The van der Waals surface area contributed by atoms with Crippen molar-refractivity contribution in [2.75, 3.05) is 0 Å². The van der Waals surface area contributed by atoms with Crippen molar-refractivity contribution < 1.29 is 0 Å². The Kier molecular flexibility index (Phi) is 10.1. The summed E-state index contributed by atoms with van der Waals surface area (Å²) in [7, 11) is 0. The summed E-state index contributed by atoms with van der Waals surface area (Å²) in [6.07, 6.45) is 2.25. The molecule has 8 aromatic carbocycles. The van der Waals surface area contributed by atoms with Gasteiger partial charge in [-0.25, -0.2) is 4.99 Å². The minimum atomic E-state index is -0.106. The minimum Gasteiger partial charge on any atom is -0.373 e. The molecule has 2 atom stereocenters. The van der Waals surface area contributed by atoms with Crippen LogP contribution in [-0.2, 0) is 0 Å². The van der Waals surface area contributed by atoms with E-state index in [4.69, 9.17) is 4.99 Å². The van der Waals surface area contributed by atoms with Gasteiger partial charge < -0.3 is 10.6 Å². The Labute approximate surface area is 352 Å². The van der Waals surface area contributed by atoms with Crippen molar-refractivity contribution in [1.82, 2.24) is 10.6 Å². The quantitative estimate of drug-likeness (QED) is 0.153. The monoisotopic (exact) mass is 769 g/mol. The van der Waals surface area contributed by atoms with E-state index in [-0.39, 0.29) is 12.1 Å². The molecule has 2 heterocycles. The highest BCUT2D eigenvalue weighted by molar-refractivity contribution is 6.24. The number of nitrogens with one attached hydrogen (secondary N) is 2.